The van der Waals surface area contributed by atoms with Gasteiger partial charge in [0.1, 0.15) is 6.10 Å². The zero-order valence-corrected chi connectivity index (χ0v) is 7.09. The number of hydrogen-bond donors (Lipinski definition) is 3. The van der Waals surface area contributed by atoms with E-state index in [1.807, 2.05) is 0 Å². The Labute approximate surface area is 69.8 Å². The maximum absolute atomic E-state index is 9.45. The first-order valence-electron chi connectivity index (χ1n) is 1.55. The average Bonchev–Trinajstić information content (AvgIpc) is 1.36. The number of aliphatic hydroxyl groups is 1. The molecule has 0 rings (SSSR count). The molecule has 1 atom stereocenters. The Kier molecular flexibility index (Phi) is 14.6. The third-order valence-electron chi connectivity index (χ3n) is 0.357. The van der Waals surface area contributed by atoms with Crippen LogP contribution in [0.4, 0.5) is 0 Å². The second-order valence-electron chi connectivity index (χ2n) is 1.01. The predicted octanol–water partition coefficient (Wildman–Crippen LogP) is -0.767. The van der Waals surface area contributed by atoms with E-state index in [2.05, 4.69) is 0 Å². The van der Waals surface area contributed by atoms with Crippen LogP contribution in [0.15, 0.2) is 0 Å². The topological polar surface area (TPSA) is 92.5 Å². The van der Waals surface area contributed by atoms with Crippen LogP contribution in [0.25, 0.3) is 0 Å². The van der Waals surface area contributed by atoms with Gasteiger partial charge < -0.3 is 16.4 Å². The molecule has 8 heavy (non-hydrogen) atoms. The molecule has 5 N–H and O–H groups in total. The van der Waals surface area contributed by atoms with Gasteiger partial charge in [-0.25, -0.2) is 4.79 Å². The maximum atomic E-state index is 9.45. The standard InChI is InChI=1S/C3H6O3.H3N.Na/c1-2(4)3(5)6;;/h2,4H,1H3,(H,5,6);1H3;. The number of carbonyl (C=O) groups is 1. The molecule has 45 valence electrons. The van der Waals surface area contributed by atoms with Gasteiger partial charge in [-0.3, -0.25) is 0 Å². The number of aliphatic carboxylic acids is 1. The molecular weight excluding hydrogens is 121 g/mol. The van der Waals surface area contributed by atoms with Crippen molar-refractivity contribution in [2.75, 3.05) is 0 Å². The van der Waals surface area contributed by atoms with Crippen molar-refractivity contribution in [1.29, 1.82) is 0 Å². The molecule has 0 saturated heterocycles. The van der Waals surface area contributed by atoms with Crippen LogP contribution in [-0.4, -0.2) is 51.8 Å². The van der Waals surface area contributed by atoms with Crippen molar-refractivity contribution in [2.24, 2.45) is 0 Å². The quantitative estimate of drug-likeness (QED) is 0.406. The number of rotatable bonds is 1. The summed E-state index contributed by atoms with van der Waals surface area (Å²) < 4.78 is 0. The molecule has 0 saturated carbocycles. The Balaban J connectivity index is -0.000000125. The van der Waals surface area contributed by atoms with Crippen molar-refractivity contribution in [1.82, 2.24) is 6.15 Å². The van der Waals surface area contributed by atoms with E-state index in [0.29, 0.717) is 0 Å². The van der Waals surface area contributed by atoms with E-state index < -0.39 is 12.1 Å². The molecule has 0 aliphatic carbocycles. The summed E-state index contributed by atoms with van der Waals surface area (Å²) >= 11 is 0. The minimum atomic E-state index is -1.23. The molecule has 0 spiro atoms. The fourth-order valence-electron chi connectivity index (χ4n) is 0. The molecule has 0 fully saturated rings. The Bertz CT molecular complexity index is 65.5. The molecule has 1 unspecified atom stereocenters. The first-order chi connectivity index (χ1) is 2.64. The number of carboxylic acid groups (broad SMARTS) is 1. The molecule has 0 aliphatic rings. The van der Waals surface area contributed by atoms with Crippen LogP contribution < -0.4 is 6.15 Å². The summed E-state index contributed by atoms with van der Waals surface area (Å²) in [5.41, 5.74) is 0. The third-order valence-corrected chi connectivity index (χ3v) is 0.357. The molecule has 5 heteroatoms. The molecular formula is C3H9NNaO3. The van der Waals surface area contributed by atoms with E-state index in [1.54, 1.807) is 0 Å². The first-order valence-corrected chi connectivity index (χ1v) is 1.55. The number of hydrogen-bond acceptors (Lipinski definition) is 3. The zero-order valence-electron chi connectivity index (χ0n) is 5.09. The van der Waals surface area contributed by atoms with Gasteiger partial charge in [-0.15, -0.1) is 0 Å². The fourth-order valence-corrected chi connectivity index (χ4v) is 0. The average molecular weight is 130 g/mol. The van der Waals surface area contributed by atoms with Crippen molar-refractivity contribution >= 4 is 35.5 Å². The summed E-state index contributed by atoms with van der Waals surface area (Å²) in [6, 6.07) is 0. The third kappa shape index (κ3) is 9.63. The molecule has 0 heterocycles. The van der Waals surface area contributed by atoms with Gasteiger partial charge in [0.25, 0.3) is 0 Å². The van der Waals surface area contributed by atoms with Gasteiger partial charge >= 0.3 is 5.97 Å². The maximum Gasteiger partial charge on any atom is 0.332 e. The van der Waals surface area contributed by atoms with Crippen molar-refractivity contribution in [3.05, 3.63) is 0 Å². The van der Waals surface area contributed by atoms with Crippen molar-refractivity contribution in [3.8, 4) is 0 Å². The summed E-state index contributed by atoms with van der Waals surface area (Å²) in [6.45, 7) is 1.20. The van der Waals surface area contributed by atoms with Gasteiger partial charge in [0.2, 0.25) is 0 Å². The summed E-state index contributed by atoms with van der Waals surface area (Å²) in [4.78, 5) is 9.45. The van der Waals surface area contributed by atoms with E-state index in [0.717, 1.165) is 0 Å². The monoisotopic (exact) mass is 130 g/mol. The van der Waals surface area contributed by atoms with Crippen LogP contribution in [0.5, 0.6) is 0 Å². The molecule has 0 aromatic heterocycles. The van der Waals surface area contributed by atoms with Gasteiger partial charge in [-0.2, -0.15) is 0 Å². The molecule has 0 aromatic carbocycles. The van der Waals surface area contributed by atoms with Crippen LogP contribution in [0.1, 0.15) is 6.92 Å². The van der Waals surface area contributed by atoms with Crippen LogP contribution in [0, 0.1) is 0 Å². The van der Waals surface area contributed by atoms with Gasteiger partial charge in [-0.05, 0) is 6.92 Å². The minimum Gasteiger partial charge on any atom is -0.479 e. The molecule has 0 aromatic rings. The van der Waals surface area contributed by atoms with Gasteiger partial charge in [0, 0.05) is 29.6 Å². The summed E-state index contributed by atoms with van der Waals surface area (Å²) in [5.74, 6) is -1.19. The predicted molar refractivity (Wildman–Crippen MR) is 30.1 cm³/mol. The zero-order chi connectivity index (χ0) is 5.15. The van der Waals surface area contributed by atoms with Crippen molar-refractivity contribution in [2.45, 2.75) is 13.0 Å². The SMILES string of the molecule is CC(O)C(=O)O.N.[Na]. The van der Waals surface area contributed by atoms with E-state index in [4.69, 9.17) is 10.2 Å². The van der Waals surface area contributed by atoms with Crippen LogP contribution in [0.3, 0.4) is 0 Å². The van der Waals surface area contributed by atoms with Crippen molar-refractivity contribution in [3.63, 3.8) is 0 Å². The van der Waals surface area contributed by atoms with Crippen LogP contribution >= 0.6 is 0 Å². The van der Waals surface area contributed by atoms with E-state index in [1.165, 1.54) is 6.92 Å². The Morgan fingerprint density at radius 3 is 1.75 bits per heavy atom. The minimum absolute atomic E-state index is 0. The molecule has 0 amide bonds. The summed E-state index contributed by atoms with van der Waals surface area (Å²) in [7, 11) is 0. The largest absolute Gasteiger partial charge is 0.479 e. The number of aliphatic hydroxyl groups excluding tert-OH is 1. The normalized spacial score (nSPS) is 10.2. The smallest absolute Gasteiger partial charge is 0.332 e. The summed E-state index contributed by atoms with van der Waals surface area (Å²) in [6.07, 6.45) is -1.23. The molecule has 0 aliphatic heterocycles. The van der Waals surface area contributed by atoms with E-state index in [-0.39, 0.29) is 35.7 Å². The van der Waals surface area contributed by atoms with Gasteiger partial charge in [0.05, 0.1) is 0 Å². The second kappa shape index (κ2) is 7.39. The Morgan fingerprint density at radius 1 is 1.62 bits per heavy atom. The van der Waals surface area contributed by atoms with Gasteiger partial charge in [0.15, 0.2) is 0 Å². The first kappa shape index (κ1) is 15.8. The Hall–Kier alpha value is 0.390. The van der Waals surface area contributed by atoms with E-state index in [9.17, 15) is 4.79 Å². The number of carboxylic acids is 1. The molecule has 4 nitrogen and oxygen atoms in total. The fraction of sp³-hybridized carbons (Fsp3) is 0.667. The second-order valence-corrected chi connectivity index (χ2v) is 1.01. The molecule has 1 radical (unpaired) electrons. The van der Waals surface area contributed by atoms with Crippen LogP contribution in [-0.2, 0) is 4.79 Å². The van der Waals surface area contributed by atoms with Crippen LogP contribution in [0.2, 0.25) is 0 Å². The Morgan fingerprint density at radius 2 is 1.75 bits per heavy atom. The van der Waals surface area contributed by atoms with Gasteiger partial charge in [-0.1, -0.05) is 0 Å². The molecule has 0 bridgehead atoms. The van der Waals surface area contributed by atoms with E-state index >= 15 is 0 Å². The summed E-state index contributed by atoms with van der Waals surface area (Å²) in [5, 5.41) is 15.8. The van der Waals surface area contributed by atoms with Crippen molar-refractivity contribution < 1.29 is 15.0 Å².